The number of pyridine rings is 1. The number of thiophene rings is 1. The molecule has 11 heteroatoms. The second kappa shape index (κ2) is 13.3. The van der Waals surface area contributed by atoms with Crippen molar-refractivity contribution < 1.29 is 14.6 Å². The van der Waals surface area contributed by atoms with Crippen LogP contribution in [0.25, 0.3) is 11.3 Å². The van der Waals surface area contributed by atoms with Crippen LogP contribution in [-0.2, 0) is 11.8 Å². The van der Waals surface area contributed by atoms with Gasteiger partial charge in [-0.2, -0.15) is 5.10 Å². The second-order valence-electron chi connectivity index (χ2n) is 9.68. The number of ether oxygens (including phenoxy) is 1. The number of aliphatic imine (C=N–C) groups is 1. The summed E-state index contributed by atoms with van der Waals surface area (Å²) < 4.78 is 7.37. The van der Waals surface area contributed by atoms with Crippen LogP contribution in [-0.4, -0.2) is 94.5 Å². The van der Waals surface area contributed by atoms with Gasteiger partial charge in [-0.1, -0.05) is 19.9 Å². The Bertz CT molecular complexity index is 1270. The number of amides is 1. The van der Waals surface area contributed by atoms with Crippen molar-refractivity contribution in [3.8, 4) is 11.3 Å². The van der Waals surface area contributed by atoms with Crippen LogP contribution in [0.3, 0.4) is 0 Å². The van der Waals surface area contributed by atoms with Gasteiger partial charge in [0, 0.05) is 43.2 Å². The van der Waals surface area contributed by atoms with Crippen molar-refractivity contribution in [2.24, 2.45) is 12.0 Å². The van der Waals surface area contributed by atoms with E-state index >= 15 is 0 Å². The van der Waals surface area contributed by atoms with E-state index in [1.807, 2.05) is 37.6 Å². The molecule has 10 nitrogen and oxygen atoms in total. The molecule has 210 valence electrons. The predicted molar refractivity (Wildman–Crippen MR) is 156 cm³/mol. The number of aryl methyl sites for hydroxylation is 1. The van der Waals surface area contributed by atoms with Crippen LogP contribution in [0.1, 0.15) is 42.9 Å². The lowest BCUT2D eigenvalue weighted by Crippen LogP contribution is -2.44. The van der Waals surface area contributed by atoms with E-state index in [0.29, 0.717) is 49.1 Å². The molecule has 3 aromatic heterocycles. The number of hydrogen-bond acceptors (Lipinski definition) is 9. The number of carbonyl (C=O) groups is 1. The standard InChI is InChI=1S/C28H39N7O3S/c1-6-34(7-2)19(3)15-29-28(37)21-13-24(32-26(14-21)35-10-11-38-22(17-35)18-36)23-16-30-33(5)27(23)31-20(4)25-9-8-12-39-25/h8-9,12-14,16,19,22,36H,6-7,10-11,15,17-18H2,1-5H3,(H,29,37)/t19-,22-/m0/s1. The van der Waals surface area contributed by atoms with Crippen molar-refractivity contribution in [1.82, 2.24) is 25.0 Å². The number of carbonyl (C=O) groups excluding carboxylic acids is 1. The molecular weight excluding hydrogens is 514 g/mol. The quantitative estimate of drug-likeness (QED) is 0.351. The molecule has 0 spiro atoms. The third-order valence-corrected chi connectivity index (χ3v) is 8.05. The van der Waals surface area contributed by atoms with Crippen molar-refractivity contribution in [3.63, 3.8) is 0 Å². The Hall–Kier alpha value is -3.12. The van der Waals surface area contributed by atoms with E-state index in [9.17, 15) is 9.90 Å². The van der Waals surface area contributed by atoms with E-state index in [-0.39, 0.29) is 24.7 Å². The highest BCUT2D eigenvalue weighted by Crippen LogP contribution is 2.32. The van der Waals surface area contributed by atoms with Crippen molar-refractivity contribution in [2.75, 3.05) is 50.8 Å². The summed E-state index contributed by atoms with van der Waals surface area (Å²) >= 11 is 1.63. The number of nitrogens with one attached hydrogen (secondary N) is 1. The number of hydrogen-bond donors (Lipinski definition) is 2. The monoisotopic (exact) mass is 553 g/mol. The first-order valence-corrected chi connectivity index (χ1v) is 14.4. The Morgan fingerprint density at radius 2 is 2.15 bits per heavy atom. The molecule has 0 saturated carbocycles. The minimum Gasteiger partial charge on any atom is -0.394 e. The molecule has 0 radical (unpaired) electrons. The van der Waals surface area contributed by atoms with Crippen molar-refractivity contribution in [2.45, 2.75) is 39.8 Å². The number of aliphatic hydroxyl groups is 1. The Morgan fingerprint density at radius 3 is 2.85 bits per heavy atom. The molecule has 4 rings (SSSR count). The zero-order valence-corrected chi connectivity index (χ0v) is 24.2. The maximum atomic E-state index is 13.4. The van der Waals surface area contributed by atoms with Gasteiger partial charge in [0.25, 0.3) is 5.91 Å². The molecule has 39 heavy (non-hydrogen) atoms. The number of anilines is 1. The summed E-state index contributed by atoms with van der Waals surface area (Å²) in [5.41, 5.74) is 2.76. The van der Waals surface area contributed by atoms with E-state index in [1.54, 1.807) is 28.3 Å². The number of likely N-dealkylation sites (N-methyl/N-ethyl adjacent to an activating group) is 1. The normalized spacial score (nSPS) is 17.1. The minimum atomic E-state index is -0.302. The third kappa shape index (κ3) is 6.91. The van der Waals surface area contributed by atoms with Gasteiger partial charge < -0.3 is 20.1 Å². The highest BCUT2D eigenvalue weighted by Gasteiger charge is 2.24. The fraction of sp³-hybridized carbons (Fsp3) is 0.500. The van der Waals surface area contributed by atoms with Gasteiger partial charge in [0.05, 0.1) is 42.5 Å². The molecule has 1 saturated heterocycles. The minimum absolute atomic E-state index is 0.0732. The summed E-state index contributed by atoms with van der Waals surface area (Å²) in [6, 6.07) is 7.88. The summed E-state index contributed by atoms with van der Waals surface area (Å²) in [6.45, 7) is 12.2. The van der Waals surface area contributed by atoms with Crippen LogP contribution in [0, 0.1) is 0 Å². The first-order chi connectivity index (χ1) is 18.8. The average Bonchev–Trinajstić information content (AvgIpc) is 3.63. The third-order valence-electron chi connectivity index (χ3n) is 7.07. The summed E-state index contributed by atoms with van der Waals surface area (Å²) in [7, 11) is 1.85. The fourth-order valence-electron chi connectivity index (χ4n) is 4.75. The van der Waals surface area contributed by atoms with Gasteiger partial charge in [-0.25, -0.2) is 9.98 Å². The molecule has 0 aromatic carbocycles. The maximum Gasteiger partial charge on any atom is 0.251 e. The number of aromatic nitrogens is 3. The highest BCUT2D eigenvalue weighted by atomic mass is 32.1. The molecule has 0 bridgehead atoms. The molecule has 0 unspecified atom stereocenters. The molecule has 1 amide bonds. The Balaban J connectivity index is 1.71. The summed E-state index contributed by atoms with van der Waals surface area (Å²) in [5.74, 6) is 1.17. The molecule has 1 fully saturated rings. The number of nitrogens with zero attached hydrogens (tertiary/aromatic N) is 6. The van der Waals surface area contributed by atoms with Crippen LogP contribution in [0.4, 0.5) is 11.6 Å². The SMILES string of the molecule is CCN(CC)[C@@H](C)CNC(=O)c1cc(-c2cnn(C)c2N=C(C)c2cccs2)nc(N2CCO[C@H](CO)C2)c1. The topological polar surface area (TPSA) is 108 Å². The van der Waals surface area contributed by atoms with Gasteiger partial charge in [-0.05, 0) is 50.5 Å². The van der Waals surface area contributed by atoms with Gasteiger partial charge in [0.15, 0.2) is 5.82 Å². The first-order valence-electron chi connectivity index (χ1n) is 13.5. The molecule has 2 N–H and O–H groups in total. The Morgan fingerprint density at radius 1 is 1.36 bits per heavy atom. The van der Waals surface area contributed by atoms with Gasteiger partial charge >= 0.3 is 0 Å². The first kappa shape index (κ1) is 28.9. The number of rotatable bonds is 11. The average molecular weight is 554 g/mol. The summed E-state index contributed by atoms with van der Waals surface area (Å²) in [6.07, 6.45) is 1.44. The maximum absolute atomic E-state index is 13.4. The van der Waals surface area contributed by atoms with Crippen LogP contribution >= 0.6 is 11.3 Å². The van der Waals surface area contributed by atoms with Gasteiger partial charge in [0.2, 0.25) is 0 Å². The van der Waals surface area contributed by atoms with Gasteiger partial charge in [0.1, 0.15) is 5.82 Å². The van der Waals surface area contributed by atoms with Crippen molar-refractivity contribution in [3.05, 3.63) is 46.3 Å². The lowest BCUT2D eigenvalue weighted by atomic mass is 10.1. The lowest BCUT2D eigenvalue weighted by Gasteiger charge is -2.33. The summed E-state index contributed by atoms with van der Waals surface area (Å²) in [5, 5.41) is 19.3. The van der Waals surface area contributed by atoms with Crippen molar-refractivity contribution in [1.29, 1.82) is 0 Å². The van der Waals surface area contributed by atoms with Crippen LogP contribution < -0.4 is 10.2 Å². The van der Waals surface area contributed by atoms with E-state index < -0.39 is 0 Å². The van der Waals surface area contributed by atoms with Crippen LogP contribution in [0.2, 0.25) is 0 Å². The number of morpholine rings is 1. The van der Waals surface area contributed by atoms with E-state index in [2.05, 4.69) is 41.0 Å². The molecule has 0 aliphatic carbocycles. The molecule has 2 atom stereocenters. The Labute approximate surface area is 234 Å². The molecule has 4 heterocycles. The predicted octanol–water partition coefficient (Wildman–Crippen LogP) is 3.34. The highest BCUT2D eigenvalue weighted by molar-refractivity contribution is 7.12. The molecule has 1 aliphatic rings. The molecule has 3 aromatic rings. The second-order valence-corrected chi connectivity index (χ2v) is 10.6. The van der Waals surface area contributed by atoms with Crippen LogP contribution in [0.15, 0.2) is 40.8 Å². The van der Waals surface area contributed by atoms with Crippen LogP contribution in [0.5, 0.6) is 0 Å². The van der Waals surface area contributed by atoms with E-state index in [4.69, 9.17) is 14.7 Å². The fourth-order valence-corrected chi connectivity index (χ4v) is 5.42. The summed E-state index contributed by atoms with van der Waals surface area (Å²) in [4.78, 5) is 28.7. The van der Waals surface area contributed by atoms with Gasteiger partial charge in [-0.15, -0.1) is 11.3 Å². The molecular formula is C28H39N7O3S. The molecule has 1 aliphatic heterocycles. The van der Waals surface area contributed by atoms with Crippen molar-refractivity contribution >= 4 is 34.6 Å². The Kier molecular flexibility index (Phi) is 9.84. The zero-order valence-electron chi connectivity index (χ0n) is 23.4. The number of aliphatic hydroxyl groups excluding tert-OH is 1. The van der Waals surface area contributed by atoms with E-state index in [1.165, 1.54) is 0 Å². The smallest absolute Gasteiger partial charge is 0.251 e. The lowest BCUT2D eigenvalue weighted by molar-refractivity contribution is 0.00336. The largest absolute Gasteiger partial charge is 0.394 e. The zero-order chi connectivity index (χ0) is 27.9. The van der Waals surface area contributed by atoms with E-state index in [0.717, 1.165) is 29.2 Å². The van der Waals surface area contributed by atoms with Gasteiger partial charge in [-0.3, -0.25) is 14.4 Å².